The van der Waals surface area contributed by atoms with Crippen LogP contribution in [0.4, 0.5) is 11.6 Å². The van der Waals surface area contributed by atoms with Gasteiger partial charge in [-0.1, -0.05) is 6.92 Å². The summed E-state index contributed by atoms with van der Waals surface area (Å²) in [5, 5.41) is 6.89. The van der Waals surface area contributed by atoms with E-state index in [0.29, 0.717) is 6.04 Å². The third-order valence-electron chi connectivity index (χ3n) is 3.93. The summed E-state index contributed by atoms with van der Waals surface area (Å²) in [5.41, 5.74) is 1.09. The fourth-order valence-electron chi connectivity index (χ4n) is 2.75. The molecule has 0 aromatic carbocycles. The Morgan fingerprint density at radius 3 is 2.60 bits per heavy atom. The van der Waals surface area contributed by atoms with Crippen LogP contribution in [0, 0.1) is 6.92 Å². The molecule has 0 spiro atoms. The predicted molar refractivity (Wildman–Crippen MR) is 82.4 cm³/mol. The van der Waals surface area contributed by atoms with Crippen LogP contribution in [0.2, 0.25) is 0 Å². The lowest BCUT2D eigenvalue weighted by Gasteiger charge is -2.22. The molecule has 0 amide bonds. The van der Waals surface area contributed by atoms with Gasteiger partial charge in [0.25, 0.3) is 0 Å². The molecule has 1 fully saturated rings. The number of rotatable bonds is 6. The van der Waals surface area contributed by atoms with Gasteiger partial charge in [-0.3, -0.25) is 0 Å². The zero-order valence-electron chi connectivity index (χ0n) is 13.0. The molecular weight excluding hydrogens is 252 g/mol. The Morgan fingerprint density at radius 2 is 1.95 bits per heavy atom. The zero-order valence-corrected chi connectivity index (χ0v) is 13.0. The number of methoxy groups -OCH3 is 1. The first-order valence-corrected chi connectivity index (χ1v) is 7.60. The van der Waals surface area contributed by atoms with E-state index >= 15 is 0 Å². The summed E-state index contributed by atoms with van der Waals surface area (Å²) in [7, 11) is 1.79. The third-order valence-corrected chi connectivity index (χ3v) is 3.93. The number of aryl methyl sites for hydroxylation is 1. The Hall–Kier alpha value is -1.36. The second kappa shape index (κ2) is 6.88. The van der Waals surface area contributed by atoms with Gasteiger partial charge in [-0.05, 0) is 33.1 Å². The summed E-state index contributed by atoms with van der Waals surface area (Å²) in [6.07, 6.45) is 4.60. The van der Waals surface area contributed by atoms with Gasteiger partial charge in [0.1, 0.15) is 17.5 Å². The number of anilines is 2. The van der Waals surface area contributed by atoms with Crippen LogP contribution in [0.1, 0.15) is 44.5 Å². The molecular formula is C15H26N4O. The minimum Gasteiger partial charge on any atom is -0.379 e. The van der Waals surface area contributed by atoms with E-state index in [9.17, 15) is 0 Å². The molecule has 0 bridgehead atoms. The van der Waals surface area contributed by atoms with Crippen molar-refractivity contribution in [3.05, 3.63) is 11.4 Å². The van der Waals surface area contributed by atoms with E-state index in [0.717, 1.165) is 48.8 Å². The van der Waals surface area contributed by atoms with Crippen molar-refractivity contribution in [3.8, 4) is 0 Å². The molecule has 0 radical (unpaired) electrons. The molecule has 5 heteroatoms. The second-order valence-corrected chi connectivity index (χ2v) is 5.30. The molecule has 20 heavy (non-hydrogen) atoms. The number of nitrogens with zero attached hydrogens (tertiary/aromatic N) is 2. The van der Waals surface area contributed by atoms with E-state index in [2.05, 4.69) is 41.4 Å². The molecule has 1 aliphatic carbocycles. The van der Waals surface area contributed by atoms with E-state index < -0.39 is 0 Å². The molecule has 1 aromatic heterocycles. The summed E-state index contributed by atoms with van der Waals surface area (Å²) >= 11 is 0. The van der Waals surface area contributed by atoms with Crippen LogP contribution in [0.15, 0.2) is 0 Å². The monoisotopic (exact) mass is 278 g/mol. The number of aromatic nitrogens is 2. The quantitative estimate of drug-likeness (QED) is 0.838. The summed E-state index contributed by atoms with van der Waals surface area (Å²) in [4.78, 5) is 9.21. The largest absolute Gasteiger partial charge is 0.379 e. The molecule has 2 rings (SSSR count). The van der Waals surface area contributed by atoms with E-state index in [1.807, 2.05) is 0 Å². The normalized spacial score (nSPS) is 22.0. The van der Waals surface area contributed by atoms with E-state index in [-0.39, 0.29) is 6.10 Å². The molecule has 0 saturated heterocycles. The van der Waals surface area contributed by atoms with E-state index in [1.165, 1.54) is 6.42 Å². The lowest BCUT2D eigenvalue weighted by molar-refractivity contribution is 0.101. The molecule has 1 heterocycles. The standard InChI is InChI=1S/C15H26N4O/c1-5-13-18-14(16-6-2)10(3)15(19-13)17-11-8-7-9-12(11)20-4/h11-12H,5-9H2,1-4H3,(H2,16,17,18,19). The lowest BCUT2D eigenvalue weighted by Crippen LogP contribution is -2.30. The summed E-state index contributed by atoms with van der Waals surface area (Å²) < 4.78 is 5.55. The average Bonchev–Trinajstić information content (AvgIpc) is 2.90. The predicted octanol–water partition coefficient (Wildman–Crippen LogP) is 2.76. The van der Waals surface area contributed by atoms with Crippen molar-refractivity contribution in [1.29, 1.82) is 0 Å². The van der Waals surface area contributed by atoms with Crippen LogP contribution in [0.5, 0.6) is 0 Å². The first-order valence-electron chi connectivity index (χ1n) is 7.60. The van der Waals surface area contributed by atoms with Gasteiger partial charge in [-0.25, -0.2) is 9.97 Å². The van der Waals surface area contributed by atoms with Gasteiger partial charge in [0, 0.05) is 25.6 Å². The van der Waals surface area contributed by atoms with Gasteiger partial charge in [0.15, 0.2) is 0 Å². The Labute approximate surface area is 121 Å². The van der Waals surface area contributed by atoms with Crippen LogP contribution in [-0.2, 0) is 11.2 Å². The van der Waals surface area contributed by atoms with Crippen molar-refractivity contribution in [2.24, 2.45) is 0 Å². The second-order valence-electron chi connectivity index (χ2n) is 5.30. The smallest absolute Gasteiger partial charge is 0.135 e. The first-order chi connectivity index (χ1) is 9.69. The van der Waals surface area contributed by atoms with Gasteiger partial charge in [0.05, 0.1) is 12.1 Å². The van der Waals surface area contributed by atoms with E-state index in [4.69, 9.17) is 4.74 Å². The number of nitrogens with one attached hydrogen (secondary N) is 2. The first kappa shape index (κ1) is 15.0. The molecule has 1 aromatic rings. The average molecular weight is 278 g/mol. The highest BCUT2D eigenvalue weighted by atomic mass is 16.5. The lowest BCUT2D eigenvalue weighted by atomic mass is 10.2. The third kappa shape index (κ3) is 3.20. The molecule has 1 saturated carbocycles. The topological polar surface area (TPSA) is 59.1 Å². The van der Waals surface area contributed by atoms with Crippen molar-refractivity contribution in [2.75, 3.05) is 24.3 Å². The number of hydrogen-bond donors (Lipinski definition) is 2. The van der Waals surface area contributed by atoms with Crippen molar-refractivity contribution >= 4 is 11.6 Å². The molecule has 2 N–H and O–H groups in total. The highest BCUT2D eigenvalue weighted by Gasteiger charge is 2.28. The highest BCUT2D eigenvalue weighted by molar-refractivity contribution is 5.57. The van der Waals surface area contributed by atoms with Crippen LogP contribution in [0.3, 0.4) is 0 Å². The highest BCUT2D eigenvalue weighted by Crippen LogP contribution is 2.27. The maximum atomic E-state index is 5.55. The number of ether oxygens (including phenoxy) is 1. The Kier molecular flexibility index (Phi) is 5.17. The van der Waals surface area contributed by atoms with Crippen LogP contribution in [0.25, 0.3) is 0 Å². The van der Waals surface area contributed by atoms with Crippen molar-refractivity contribution < 1.29 is 4.74 Å². The van der Waals surface area contributed by atoms with Crippen molar-refractivity contribution in [1.82, 2.24) is 9.97 Å². The van der Waals surface area contributed by atoms with Gasteiger partial charge < -0.3 is 15.4 Å². The van der Waals surface area contributed by atoms with Crippen LogP contribution >= 0.6 is 0 Å². The maximum absolute atomic E-state index is 5.55. The number of hydrogen-bond acceptors (Lipinski definition) is 5. The molecule has 112 valence electrons. The van der Waals surface area contributed by atoms with Gasteiger partial charge in [-0.2, -0.15) is 0 Å². The van der Waals surface area contributed by atoms with E-state index in [1.54, 1.807) is 7.11 Å². The summed E-state index contributed by atoms with van der Waals surface area (Å²) in [5.74, 6) is 2.76. The van der Waals surface area contributed by atoms with Crippen molar-refractivity contribution in [3.63, 3.8) is 0 Å². The molecule has 0 aliphatic heterocycles. The van der Waals surface area contributed by atoms with Crippen LogP contribution in [-0.4, -0.2) is 35.8 Å². The molecule has 2 atom stereocenters. The fourth-order valence-corrected chi connectivity index (χ4v) is 2.75. The molecule has 1 aliphatic rings. The van der Waals surface area contributed by atoms with Gasteiger partial charge in [-0.15, -0.1) is 0 Å². The molecule has 5 nitrogen and oxygen atoms in total. The maximum Gasteiger partial charge on any atom is 0.135 e. The Balaban J connectivity index is 2.23. The van der Waals surface area contributed by atoms with Gasteiger partial charge >= 0.3 is 0 Å². The minimum atomic E-state index is 0.289. The Morgan fingerprint density at radius 1 is 1.20 bits per heavy atom. The van der Waals surface area contributed by atoms with Crippen LogP contribution < -0.4 is 10.6 Å². The van der Waals surface area contributed by atoms with Crippen molar-refractivity contribution in [2.45, 2.75) is 58.6 Å². The minimum absolute atomic E-state index is 0.289. The zero-order chi connectivity index (χ0) is 14.5. The SMILES string of the molecule is CCNc1nc(CC)nc(NC2CCCC2OC)c1C. The van der Waals surface area contributed by atoms with Gasteiger partial charge in [0.2, 0.25) is 0 Å². The molecule has 2 unspecified atom stereocenters. The summed E-state index contributed by atoms with van der Waals surface area (Å²) in [6, 6.07) is 0.354. The fraction of sp³-hybridized carbons (Fsp3) is 0.733. The summed E-state index contributed by atoms with van der Waals surface area (Å²) in [6.45, 7) is 7.09. The Bertz CT molecular complexity index is 450.